The van der Waals surface area contributed by atoms with Gasteiger partial charge in [0.2, 0.25) is 6.79 Å². The Labute approximate surface area is 101 Å². The van der Waals surface area contributed by atoms with E-state index in [1.807, 2.05) is 0 Å². The van der Waals surface area contributed by atoms with Crippen molar-refractivity contribution in [3.8, 4) is 11.5 Å². The minimum Gasteiger partial charge on any atom is -0.454 e. The van der Waals surface area contributed by atoms with E-state index in [1.165, 1.54) is 31.2 Å². The van der Waals surface area contributed by atoms with Crippen LogP contribution in [0.25, 0.3) is 0 Å². The average Bonchev–Trinajstić information content (AvgIpc) is 2.93. The number of piperidine rings is 1. The zero-order valence-electron chi connectivity index (χ0n) is 9.82. The smallest absolute Gasteiger partial charge is 0.231 e. The molecule has 2 bridgehead atoms. The third kappa shape index (κ3) is 1.53. The fourth-order valence-corrected chi connectivity index (χ4v) is 3.54. The second-order valence-corrected chi connectivity index (χ2v) is 5.36. The average molecular weight is 231 g/mol. The second-order valence-electron chi connectivity index (χ2n) is 5.36. The number of benzene rings is 1. The van der Waals surface area contributed by atoms with Gasteiger partial charge in [-0.05, 0) is 37.0 Å². The van der Waals surface area contributed by atoms with E-state index in [9.17, 15) is 0 Å². The van der Waals surface area contributed by atoms with Gasteiger partial charge in [0.05, 0.1) is 0 Å². The SMILES string of the molecule is c1cc2c(cc1C1CC3CCCC1N3)OCO2. The van der Waals surface area contributed by atoms with Gasteiger partial charge in [0.25, 0.3) is 0 Å². The van der Waals surface area contributed by atoms with Crippen molar-refractivity contribution in [2.75, 3.05) is 6.79 Å². The summed E-state index contributed by atoms with van der Waals surface area (Å²) in [5, 5.41) is 3.73. The molecule has 2 fully saturated rings. The number of fused-ring (bicyclic) bond motifs is 3. The zero-order valence-corrected chi connectivity index (χ0v) is 9.82. The van der Waals surface area contributed by atoms with Crippen molar-refractivity contribution in [2.45, 2.75) is 43.7 Å². The van der Waals surface area contributed by atoms with Crippen LogP contribution in [0, 0.1) is 0 Å². The first-order chi connectivity index (χ1) is 8.40. The Morgan fingerprint density at radius 1 is 1.12 bits per heavy atom. The number of hydrogen-bond donors (Lipinski definition) is 1. The van der Waals surface area contributed by atoms with E-state index in [-0.39, 0.29) is 0 Å². The van der Waals surface area contributed by atoms with Gasteiger partial charge < -0.3 is 14.8 Å². The van der Waals surface area contributed by atoms with Crippen molar-refractivity contribution in [1.29, 1.82) is 0 Å². The fourth-order valence-electron chi connectivity index (χ4n) is 3.54. The predicted octanol–water partition coefficient (Wildman–Crippen LogP) is 2.41. The lowest BCUT2D eigenvalue weighted by Crippen LogP contribution is -2.34. The van der Waals surface area contributed by atoms with Crippen LogP contribution >= 0.6 is 0 Å². The third-order valence-corrected chi connectivity index (χ3v) is 4.37. The van der Waals surface area contributed by atoms with Gasteiger partial charge in [-0.3, -0.25) is 0 Å². The maximum absolute atomic E-state index is 5.47. The molecular formula is C14H17NO2. The van der Waals surface area contributed by atoms with Gasteiger partial charge in [0.15, 0.2) is 11.5 Å². The van der Waals surface area contributed by atoms with Crippen LogP contribution in [-0.4, -0.2) is 18.9 Å². The summed E-state index contributed by atoms with van der Waals surface area (Å²) in [7, 11) is 0. The molecule has 0 spiro atoms. The molecule has 3 unspecified atom stereocenters. The molecule has 0 amide bonds. The highest BCUT2D eigenvalue weighted by molar-refractivity contribution is 5.46. The highest BCUT2D eigenvalue weighted by Crippen LogP contribution is 2.41. The first-order valence-electron chi connectivity index (χ1n) is 6.56. The number of hydrogen-bond acceptors (Lipinski definition) is 3. The van der Waals surface area contributed by atoms with Crippen molar-refractivity contribution in [3.63, 3.8) is 0 Å². The van der Waals surface area contributed by atoms with E-state index in [0.717, 1.165) is 17.5 Å². The maximum Gasteiger partial charge on any atom is 0.231 e. The number of rotatable bonds is 1. The van der Waals surface area contributed by atoms with Crippen LogP contribution in [0.5, 0.6) is 11.5 Å². The molecule has 90 valence electrons. The van der Waals surface area contributed by atoms with Crippen molar-refractivity contribution < 1.29 is 9.47 Å². The Balaban J connectivity index is 1.66. The summed E-state index contributed by atoms with van der Waals surface area (Å²) in [5.74, 6) is 2.48. The second kappa shape index (κ2) is 3.64. The highest BCUT2D eigenvalue weighted by atomic mass is 16.7. The molecule has 0 saturated carbocycles. The topological polar surface area (TPSA) is 30.5 Å². The van der Waals surface area contributed by atoms with Crippen LogP contribution in [0.4, 0.5) is 0 Å². The van der Waals surface area contributed by atoms with Crippen LogP contribution in [0.15, 0.2) is 18.2 Å². The lowest BCUT2D eigenvalue weighted by atomic mass is 9.90. The molecule has 1 aromatic rings. The molecule has 3 aliphatic rings. The molecule has 3 atom stereocenters. The molecule has 1 N–H and O–H groups in total. The Morgan fingerprint density at radius 2 is 2.06 bits per heavy atom. The van der Waals surface area contributed by atoms with Gasteiger partial charge in [0.1, 0.15) is 0 Å². The molecule has 3 heterocycles. The first-order valence-corrected chi connectivity index (χ1v) is 6.56. The lowest BCUT2D eigenvalue weighted by Gasteiger charge is -2.23. The maximum atomic E-state index is 5.47. The number of nitrogens with one attached hydrogen (secondary N) is 1. The molecule has 2 saturated heterocycles. The van der Waals surface area contributed by atoms with E-state index in [0.29, 0.717) is 18.8 Å². The van der Waals surface area contributed by atoms with Crippen LogP contribution in [0.1, 0.15) is 37.2 Å². The van der Waals surface area contributed by atoms with Gasteiger partial charge in [0, 0.05) is 18.0 Å². The summed E-state index contributed by atoms with van der Waals surface area (Å²) >= 11 is 0. The largest absolute Gasteiger partial charge is 0.454 e. The van der Waals surface area contributed by atoms with E-state index < -0.39 is 0 Å². The Morgan fingerprint density at radius 3 is 3.00 bits per heavy atom. The number of ether oxygens (including phenoxy) is 2. The van der Waals surface area contributed by atoms with E-state index >= 15 is 0 Å². The molecule has 3 heteroatoms. The van der Waals surface area contributed by atoms with Gasteiger partial charge >= 0.3 is 0 Å². The van der Waals surface area contributed by atoms with Crippen molar-refractivity contribution in [3.05, 3.63) is 23.8 Å². The van der Waals surface area contributed by atoms with Crippen molar-refractivity contribution in [2.24, 2.45) is 0 Å². The zero-order chi connectivity index (χ0) is 11.2. The Hall–Kier alpha value is -1.22. The molecule has 3 nitrogen and oxygen atoms in total. The summed E-state index contributed by atoms with van der Waals surface area (Å²) in [5.41, 5.74) is 1.41. The van der Waals surface area contributed by atoms with Gasteiger partial charge in [-0.25, -0.2) is 0 Å². The molecule has 17 heavy (non-hydrogen) atoms. The summed E-state index contributed by atoms with van der Waals surface area (Å²) < 4.78 is 10.8. The molecule has 0 radical (unpaired) electrons. The normalized spacial score (nSPS) is 34.0. The molecule has 0 aliphatic carbocycles. The summed E-state index contributed by atoms with van der Waals surface area (Å²) in [4.78, 5) is 0. The summed E-state index contributed by atoms with van der Waals surface area (Å²) in [6.45, 7) is 0.369. The van der Waals surface area contributed by atoms with E-state index in [2.05, 4.69) is 23.5 Å². The predicted molar refractivity (Wildman–Crippen MR) is 64.5 cm³/mol. The Bertz CT molecular complexity index is 446. The minimum atomic E-state index is 0.369. The summed E-state index contributed by atoms with van der Waals surface area (Å²) in [6.07, 6.45) is 5.32. The van der Waals surface area contributed by atoms with Crippen LogP contribution < -0.4 is 14.8 Å². The van der Waals surface area contributed by atoms with Crippen molar-refractivity contribution >= 4 is 0 Å². The lowest BCUT2D eigenvalue weighted by molar-refractivity contribution is 0.174. The molecule has 1 aromatic carbocycles. The van der Waals surface area contributed by atoms with Crippen LogP contribution in [0.2, 0.25) is 0 Å². The monoisotopic (exact) mass is 231 g/mol. The Kier molecular flexibility index (Phi) is 2.09. The van der Waals surface area contributed by atoms with Crippen LogP contribution in [-0.2, 0) is 0 Å². The quantitative estimate of drug-likeness (QED) is 0.805. The molecular weight excluding hydrogens is 214 g/mol. The highest BCUT2D eigenvalue weighted by Gasteiger charge is 2.37. The fraction of sp³-hybridized carbons (Fsp3) is 0.571. The van der Waals surface area contributed by atoms with Crippen LogP contribution in [0.3, 0.4) is 0 Å². The standard InChI is InChI=1S/C14H17NO2/c1-2-10-7-11(12(3-1)15-10)9-4-5-13-14(6-9)17-8-16-13/h4-6,10-12,15H,1-3,7-8H2. The van der Waals surface area contributed by atoms with Gasteiger partial charge in [-0.15, -0.1) is 0 Å². The molecule has 3 aliphatic heterocycles. The molecule has 0 aromatic heterocycles. The minimum absolute atomic E-state index is 0.369. The van der Waals surface area contributed by atoms with Crippen molar-refractivity contribution in [1.82, 2.24) is 5.32 Å². The van der Waals surface area contributed by atoms with Gasteiger partial charge in [-0.1, -0.05) is 12.5 Å². The third-order valence-electron chi connectivity index (χ3n) is 4.37. The summed E-state index contributed by atoms with van der Waals surface area (Å²) in [6, 6.07) is 7.86. The van der Waals surface area contributed by atoms with E-state index in [4.69, 9.17) is 9.47 Å². The first kappa shape index (κ1) is 9.77. The van der Waals surface area contributed by atoms with Gasteiger partial charge in [-0.2, -0.15) is 0 Å². The molecule has 4 rings (SSSR count). The van der Waals surface area contributed by atoms with E-state index in [1.54, 1.807) is 0 Å².